The Morgan fingerprint density at radius 2 is 2.06 bits per heavy atom. The maximum Gasteiger partial charge on any atom is 0.0619 e. The van der Waals surface area contributed by atoms with Gasteiger partial charge in [0.25, 0.3) is 0 Å². The minimum Gasteiger partial charge on any atom is -0.379 e. The summed E-state index contributed by atoms with van der Waals surface area (Å²) in [5.41, 5.74) is 0. The van der Waals surface area contributed by atoms with Crippen LogP contribution in [0.3, 0.4) is 0 Å². The number of ether oxygens (including phenoxy) is 1. The number of rotatable bonds is 3. The molecule has 3 heteroatoms. The highest BCUT2D eigenvalue weighted by atomic mass is 16.5. The topological polar surface area (TPSA) is 24.5 Å². The Labute approximate surface area is 106 Å². The van der Waals surface area contributed by atoms with Crippen LogP contribution in [-0.4, -0.2) is 50.3 Å². The Morgan fingerprint density at radius 3 is 2.82 bits per heavy atom. The van der Waals surface area contributed by atoms with Crippen LogP contribution in [0.15, 0.2) is 0 Å². The molecule has 17 heavy (non-hydrogen) atoms. The monoisotopic (exact) mass is 240 g/mol. The van der Waals surface area contributed by atoms with Crippen LogP contribution in [-0.2, 0) is 4.74 Å². The van der Waals surface area contributed by atoms with Crippen LogP contribution in [0.1, 0.15) is 39.0 Å². The second-order valence-electron chi connectivity index (χ2n) is 5.71. The molecule has 1 N–H and O–H groups in total. The summed E-state index contributed by atoms with van der Waals surface area (Å²) in [5.74, 6) is 0.836. The average Bonchev–Trinajstić information content (AvgIpc) is 2.57. The Morgan fingerprint density at radius 1 is 1.24 bits per heavy atom. The van der Waals surface area contributed by atoms with Crippen LogP contribution in [0.2, 0.25) is 0 Å². The fourth-order valence-electron chi connectivity index (χ4n) is 3.32. The normalized spacial score (nSPS) is 36.7. The molecule has 0 aromatic heterocycles. The van der Waals surface area contributed by atoms with Crippen molar-refractivity contribution in [1.29, 1.82) is 0 Å². The van der Waals surface area contributed by atoms with E-state index in [2.05, 4.69) is 24.2 Å². The number of hydrogen-bond donors (Lipinski definition) is 1. The van der Waals surface area contributed by atoms with Gasteiger partial charge in [0.15, 0.2) is 0 Å². The summed E-state index contributed by atoms with van der Waals surface area (Å²) in [7, 11) is 2.13. The zero-order valence-corrected chi connectivity index (χ0v) is 11.5. The quantitative estimate of drug-likeness (QED) is 0.762. The van der Waals surface area contributed by atoms with Gasteiger partial charge in [-0.25, -0.2) is 0 Å². The SMILES string of the molecule is CNC1CCCCCC1CN1CCOCC1C. The number of morpholine rings is 1. The first-order valence-corrected chi connectivity index (χ1v) is 7.30. The molecule has 3 atom stereocenters. The molecule has 1 saturated heterocycles. The number of nitrogens with zero attached hydrogens (tertiary/aromatic N) is 1. The van der Waals surface area contributed by atoms with Crippen LogP contribution < -0.4 is 5.32 Å². The van der Waals surface area contributed by atoms with E-state index < -0.39 is 0 Å². The van der Waals surface area contributed by atoms with E-state index >= 15 is 0 Å². The summed E-state index contributed by atoms with van der Waals surface area (Å²) in [5, 5.41) is 3.54. The fraction of sp³-hybridized carbons (Fsp3) is 1.00. The van der Waals surface area contributed by atoms with Crippen molar-refractivity contribution in [2.75, 3.05) is 33.4 Å². The van der Waals surface area contributed by atoms with Gasteiger partial charge in [0.1, 0.15) is 0 Å². The molecule has 1 saturated carbocycles. The molecule has 0 aromatic rings. The molecule has 2 aliphatic rings. The Bertz CT molecular complexity index is 222. The van der Waals surface area contributed by atoms with E-state index in [0.29, 0.717) is 6.04 Å². The van der Waals surface area contributed by atoms with Crippen molar-refractivity contribution in [2.24, 2.45) is 5.92 Å². The van der Waals surface area contributed by atoms with Gasteiger partial charge in [0, 0.05) is 25.2 Å². The molecule has 100 valence electrons. The molecule has 3 unspecified atom stereocenters. The molecular weight excluding hydrogens is 212 g/mol. The van der Waals surface area contributed by atoms with E-state index in [1.54, 1.807) is 0 Å². The average molecular weight is 240 g/mol. The zero-order chi connectivity index (χ0) is 12.1. The van der Waals surface area contributed by atoms with Gasteiger partial charge in [0.2, 0.25) is 0 Å². The summed E-state index contributed by atoms with van der Waals surface area (Å²) in [4.78, 5) is 2.63. The third kappa shape index (κ3) is 3.67. The lowest BCUT2D eigenvalue weighted by Gasteiger charge is -2.37. The molecule has 0 bridgehead atoms. The molecule has 1 aliphatic heterocycles. The van der Waals surface area contributed by atoms with Crippen LogP contribution in [0.4, 0.5) is 0 Å². The van der Waals surface area contributed by atoms with E-state index in [0.717, 1.165) is 31.7 Å². The molecule has 0 aromatic carbocycles. The van der Waals surface area contributed by atoms with Crippen LogP contribution >= 0.6 is 0 Å². The van der Waals surface area contributed by atoms with Crippen molar-refractivity contribution < 1.29 is 4.74 Å². The van der Waals surface area contributed by atoms with Gasteiger partial charge in [-0.1, -0.05) is 19.3 Å². The molecular formula is C14H28N2O. The van der Waals surface area contributed by atoms with Crippen molar-refractivity contribution in [3.63, 3.8) is 0 Å². The van der Waals surface area contributed by atoms with Gasteiger partial charge in [-0.05, 0) is 32.7 Å². The first kappa shape index (κ1) is 13.3. The Balaban J connectivity index is 1.89. The van der Waals surface area contributed by atoms with Crippen LogP contribution in [0.5, 0.6) is 0 Å². The van der Waals surface area contributed by atoms with Gasteiger partial charge in [-0.2, -0.15) is 0 Å². The Kier molecular flexibility index (Phi) is 5.26. The second kappa shape index (κ2) is 6.72. The molecule has 3 nitrogen and oxygen atoms in total. The lowest BCUT2D eigenvalue weighted by molar-refractivity contribution is -0.0101. The summed E-state index contributed by atoms with van der Waals surface area (Å²) in [6.45, 7) is 6.51. The maximum atomic E-state index is 5.52. The third-order valence-electron chi connectivity index (χ3n) is 4.50. The minimum absolute atomic E-state index is 0.601. The summed E-state index contributed by atoms with van der Waals surface area (Å²) in [6, 6.07) is 1.33. The van der Waals surface area contributed by atoms with E-state index in [4.69, 9.17) is 4.74 Å². The van der Waals surface area contributed by atoms with E-state index in [9.17, 15) is 0 Å². The lowest BCUT2D eigenvalue weighted by Crippen LogP contribution is -2.48. The van der Waals surface area contributed by atoms with Gasteiger partial charge < -0.3 is 10.1 Å². The summed E-state index contributed by atoms with van der Waals surface area (Å²) in [6.07, 6.45) is 7.01. The summed E-state index contributed by atoms with van der Waals surface area (Å²) >= 11 is 0. The number of nitrogens with one attached hydrogen (secondary N) is 1. The van der Waals surface area contributed by atoms with Gasteiger partial charge in [0.05, 0.1) is 13.2 Å². The molecule has 1 aliphatic carbocycles. The van der Waals surface area contributed by atoms with E-state index in [-0.39, 0.29) is 0 Å². The standard InChI is InChI=1S/C14H28N2O/c1-12-11-17-9-8-16(12)10-13-6-4-3-5-7-14(13)15-2/h12-15H,3-11H2,1-2H3. The molecule has 0 amide bonds. The van der Waals surface area contributed by atoms with Crippen LogP contribution in [0.25, 0.3) is 0 Å². The molecule has 1 heterocycles. The molecule has 0 radical (unpaired) electrons. The van der Waals surface area contributed by atoms with Gasteiger partial charge in [-0.3, -0.25) is 4.90 Å². The molecule has 2 fully saturated rings. The third-order valence-corrected chi connectivity index (χ3v) is 4.50. The minimum atomic E-state index is 0.601. The van der Waals surface area contributed by atoms with Crippen LogP contribution in [0, 0.1) is 5.92 Å². The summed E-state index contributed by atoms with van der Waals surface area (Å²) < 4.78 is 5.52. The highest BCUT2D eigenvalue weighted by Crippen LogP contribution is 2.25. The van der Waals surface area contributed by atoms with Crippen molar-refractivity contribution >= 4 is 0 Å². The van der Waals surface area contributed by atoms with Crippen molar-refractivity contribution in [3.8, 4) is 0 Å². The van der Waals surface area contributed by atoms with Crippen molar-refractivity contribution in [3.05, 3.63) is 0 Å². The molecule has 2 rings (SSSR count). The smallest absolute Gasteiger partial charge is 0.0619 e. The van der Waals surface area contributed by atoms with Crippen molar-refractivity contribution in [1.82, 2.24) is 10.2 Å². The van der Waals surface area contributed by atoms with Gasteiger partial charge >= 0.3 is 0 Å². The predicted molar refractivity (Wildman–Crippen MR) is 71.3 cm³/mol. The largest absolute Gasteiger partial charge is 0.379 e. The maximum absolute atomic E-state index is 5.52. The first-order chi connectivity index (χ1) is 8.31. The second-order valence-corrected chi connectivity index (χ2v) is 5.71. The fourth-order valence-corrected chi connectivity index (χ4v) is 3.32. The predicted octanol–water partition coefficient (Wildman–Crippen LogP) is 1.88. The first-order valence-electron chi connectivity index (χ1n) is 7.30. The highest BCUT2D eigenvalue weighted by molar-refractivity contribution is 4.83. The molecule has 0 spiro atoms. The highest BCUT2D eigenvalue weighted by Gasteiger charge is 2.27. The van der Waals surface area contributed by atoms with Crippen molar-refractivity contribution in [2.45, 2.75) is 51.1 Å². The van der Waals surface area contributed by atoms with E-state index in [1.807, 2.05) is 0 Å². The van der Waals surface area contributed by atoms with Gasteiger partial charge in [-0.15, -0.1) is 0 Å². The number of hydrogen-bond acceptors (Lipinski definition) is 3. The van der Waals surface area contributed by atoms with E-state index in [1.165, 1.54) is 38.6 Å². The lowest BCUT2D eigenvalue weighted by atomic mass is 9.93. The Hall–Kier alpha value is -0.120. The zero-order valence-electron chi connectivity index (χ0n) is 11.5.